The number of hydrogen-bond donors (Lipinski definition) is 1. The lowest BCUT2D eigenvalue weighted by Crippen LogP contribution is -2.36. The van der Waals surface area contributed by atoms with E-state index < -0.39 is 0 Å². The lowest BCUT2D eigenvalue weighted by atomic mass is 10.1. The van der Waals surface area contributed by atoms with E-state index in [0.29, 0.717) is 18.2 Å². The van der Waals surface area contributed by atoms with Crippen molar-refractivity contribution in [2.75, 3.05) is 26.2 Å². The van der Waals surface area contributed by atoms with Gasteiger partial charge in [-0.3, -0.25) is 9.59 Å². The van der Waals surface area contributed by atoms with Crippen LogP contribution >= 0.6 is 0 Å². The number of aromatic nitrogens is 1. The van der Waals surface area contributed by atoms with Crippen molar-refractivity contribution in [3.8, 4) is 0 Å². The second kappa shape index (κ2) is 10.6. The summed E-state index contributed by atoms with van der Waals surface area (Å²) in [7, 11) is 0. The zero-order valence-corrected chi connectivity index (χ0v) is 17.7. The van der Waals surface area contributed by atoms with Crippen LogP contribution < -0.4 is 0 Å². The van der Waals surface area contributed by atoms with Crippen molar-refractivity contribution in [2.45, 2.75) is 65.4 Å². The molecule has 0 bridgehead atoms. The van der Waals surface area contributed by atoms with Crippen LogP contribution in [0.2, 0.25) is 0 Å². The molecular weight excluding hydrogens is 354 g/mol. The molecule has 1 N–H and O–H groups in total. The SMILES string of the molecule is CC(C)C(=O)N1CCC(O)C1.CC(C)c1cccc(C(=O)N2CCCCC2)n1. The summed E-state index contributed by atoms with van der Waals surface area (Å²) in [6.45, 7) is 11.0. The molecular formula is C22H35N3O3. The number of amides is 2. The lowest BCUT2D eigenvalue weighted by Gasteiger charge is -2.26. The number of carbonyl (C=O) groups excluding carboxylic acids is 2. The molecule has 2 amide bonds. The molecule has 6 nitrogen and oxygen atoms in total. The molecule has 1 unspecified atom stereocenters. The number of nitrogens with zero attached hydrogens (tertiary/aromatic N) is 3. The summed E-state index contributed by atoms with van der Waals surface area (Å²) in [6.07, 6.45) is 3.92. The Morgan fingerprint density at radius 2 is 1.71 bits per heavy atom. The highest BCUT2D eigenvalue weighted by atomic mass is 16.3. The number of β-amino-alcohol motifs (C(OH)–C–C–N with tert-alkyl or cyclic N) is 1. The van der Waals surface area contributed by atoms with Gasteiger partial charge in [-0.2, -0.15) is 0 Å². The second-order valence-corrected chi connectivity index (χ2v) is 8.34. The highest BCUT2D eigenvalue weighted by Gasteiger charge is 2.25. The molecule has 3 heterocycles. The predicted octanol–water partition coefficient (Wildman–Crippen LogP) is 3.07. The molecule has 0 aliphatic carbocycles. The first-order chi connectivity index (χ1) is 13.3. The molecule has 6 heteroatoms. The molecule has 2 aliphatic heterocycles. The molecule has 1 atom stereocenters. The molecule has 3 rings (SSSR count). The number of piperidine rings is 1. The summed E-state index contributed by atoms with van der Waals surface area (Å²) < 4.78 is 0. The van der Waals surface area contributed by atoms with E-state index in [4.69, 9.17) is 5.11 Å². The van der Waals surface area contributed by atoms with Gasteiger partial charge in [0.15, 0.2) is 0 Å². The van der Waals surface area contributed by atoms with E-state index in [1.807, 2.05) is 36.9 Å². The summed E-state index contributed by atoms with van der Waals surface area (Å²) in [5.74, 6) is 0.665. The van der Waals surface area contributed by atoms with Gasteiger partial charge in [0.05, 0.1) is 6.10 Å². The quantitative estimate of drug-likeness (QED) is 0.862. The van der Waals surface area contributed by atoms with Crippen LogP contribution in [0, 0.1) is 5.92 Å². The zero-order valence-electron chi connectivity index (χ0n) is 17.7. The first-order valence-corrected chi connectivity index (χ1v) is 10.5. The van der Waals surface area contributed by atoms with Crippen LogP contribution in [0.1, 0.15) is 75.5 Å². The van der Waals surface area contributed by atoms with Gasteiger partial charge in [-0.25, -0.2) is 4.98 Å². The fourth-order valence-electron chi connectivity index (χ4n) is 3.46. The van der Waals surface area contributed by atoms with Crippen LogP contribution in [0.5, 0.6) is 0 Å². The molecule has 156 valence electrons. The minimum absolute atomic E-state index is 0.0558. The number of hydrogen-bond acceptors (Lipinski definition) is 4. The van der Waals surface area contributed by atoms with Crippen LogP contribution in [0.4, 0.5) is 0 Å². The standard InChI is InChI=1S/C14H20N2O.C8H15NO2/c1-11(2)12-7-6-8-13(15-12)14(17)16-9-4-3-5-10-16;1-6(2)8(11)9-4-3-7(10)5-9/h6-8,11H,3-5,9-10H2,1-2H3;6-7,10H,3-5H2,1-2H3. The maximum Gasteiger partial charge on any atom is 0.272 e. The number of aliphatic hydroxyl groups excluding tert-OH is 1. The summed E-state index contributed by atoms with van der Waals surface area (Å²) in [6, 6.07) is 5.74. The highest BCUT2D eigenvalue weighted by Crippen LogP contribution is 2.15. The molecule has 0 spiro atoms. The van der Waals surface area contributed by atoms with Crippen molar-refractivity contribution >= 4 is 11.8 Å². The Hall–Kier alpha value is -1.95. The Balaban J connectivity index is 0.000000221. The first kappa shape index (κ1) is 22.3. The van der Waals surface area contributed by atoms with Gasteiger partial charge in [-0.05, 0) is 43.7 Å². The number of carbonyl (C=O) groups is 2. The molecule has 0 radical (unpaired) electrons. The molecule has 2 fully saturated rings. The van der Waals surface area contributed by atoms with Crippen molar-refractivity contribution < 1.29 is 14.7 Å². The van der Waals surface area contributed by atoms with Crippen LogP contribution in [0.3, 0.4) is 0 Å². The molecule has 28 heavy (non-hydrogen) atoms. The van der Waals surface area contributed by atoms with Gasteiger partial charge >= 0.3 is 0 Å². The monoisotopic (exact) mass is 389 g/mol. The van der Waals surface area contributed by atoms with Gasteiger partial charge in [-0.1, -0.05) is 33.8 Å². The minimum Gasteiger partial charge on any atom is -0.391 e. The van der Waals surface area contributed by atoms with Crippen molar-refractivity contribution in [1.29, 1.82) is 0 Å². The van der Waals surface area contributed by atoms with E-state index in [-0.39, 0.29) is 23.8 Å². The average Bonchev–Trinajstić information content (AvgIpc) is 3.14. The van der Waals surface area contributed by atoms with Crippen molar-refractivity contribution in [1.82, 2.24) is 14.8 Å². The lowest BCUT2D eigenvalue weighted by molar-refractivity contribution is -0.133. The largest absolute Gasteiger partial charge is 0.391 e. The number of pyridine rings is 1. The van der Waals surface area contributed by atoms with Crippen LogP contribution in [0.15, 0.2) is 18.2 Å². The molecule has 1 aromatic heterocycles. The summed E-state index contributed by atoms with van der Waals surface area (Å²) in [4.78, 5) is 31.7. The highest BCUT2D eigenvalue weighted by molar-refractivity contribution is 5.92. The summed E-state index contributed by atoms with van der Waals surface area (Å²) >= 11 is 0. The zero-order chi connectivity index (χ0) is 20.7. The average molecular weight is 390 g/mol. The van der Waals surface area contributed by atoms with Crippen molar-refractivity contribution in [3.05, 3.63) is 29.6 Å². The van der Waals surface area contributed by atoms with Crippen LogP contribution in [-0.4, -0.2) is 64.0 Å². The normalized spacial score (nSPS) is 19.6. The summed E-state index contributed by atoms with van der Waals surface area (Å²) in [5, 5.41) is 9.14. The third-order valence-corrected chi connectivity index (χ3v) is 5.19. The fourth-order valence-corrected chi connectivity index (χ4v) is 3.46. The third-order valence-electron chi connectivity index (χ3n) is 5.19. The van der Waals surface area contributed by atoms with Gasteiger partial charge < -0.3 is 14.9 Å². The van der Waals surface area contributed by atoms with E-state index in [0.717, 1.165) is 44.6 Å². The van der Waals surface area contributed by atoms with Crippen molar-refractivity contribution in [2.24, 2.45) is 5.92 Å². The predicted molar refractivity (Wildman–Crippen MR) is 110 cm³/mol. The Bertz CT molecular complexity index is 654. The van der Waals surface area contributed by atoms with Crippen LogP contribution in [-0.2, 0) is 4.79 Å². The molecule has 0 saturated carbocycles. The van der Waals surface area contributed by atoms with Crippen LogP contribution in [0.25, 0.3) is 0 Å². The maximum atomic E-state index is 12.2. The molecule has 1 aromatic rings. The maximum absolute atomic E-state index is 12.2. The number of aliphatic hydroxyl groups is 1. The van der Waals surface area contributed by atoms with Gasteiger partial charge in [0, 0.05) is 37.8 Å². The van der Waals surface area contributed by atoms with E-state index in [1.165, 1.54) is 6.42 Å². The molecule has 2 saturated heterocycles. The Kier molecular flexibility index (Phi) is 8.42. The fraction of sp³-hybridized carbons (Fsp3) is 0.682. The van der Waals surface area contributed by atoms with Gasteiger partial charge in [0.2, 0.25) is 5.91 Å². The van der Waals surface area contributed by atoms with E-state index >= 15 is 0 Å². The van der Waals surface area contributed by atoms with Crippen molar-refractivity contribution in [3.63, 3.8) is 0 Å². The summed E-state index contributed by atoms with van der Waals surface area (Å²) in [5.41, 5.74) is 1.59. The van der Waals surface area contributed by atoms with Gasteiger partial charge in [0.25, 0.3) is 5.91 Å². The Morgan fingerprint density at radius 1 is 1.04 bits per heavy atom. The molecule has 0 aromatic carbocycles. The smallest absolute Gasteiger partial charge is 0.272 e. The Labute approximate surface area is 168 Å². The number of likely N-dealkylation sites (tertiary alicyclic amines) is 2. The second-order valence-electron chi connectivity index (χ2n) is 8.34. The minimum atomic E-state index is -0.294. The first-order valence-electron chi connectivity index (χ1n) is 10.5. The Morgan fingerprint density at radius 3 is 2.25 bits per heavy atom. The topological polar surface area (TPSA) is 73.7 Å². The third kappa shape index (κ3) is 6.30. The molecule has 2 aliphatic rings. The van der Waals surface area contributed by atoms with E-state index in [9.17, 15) is 9.59 Å². The van der Waals surface area contributed by atoms with E-state index in [2.05, 4.69) is 18.8 Å². The van der Waals surface area contributed by atoms with E-state index in [1.54, 1.807) is 4.90 Å². The van der Waals surface area contributed by atoms with Gasteiger partial charge in [-0.15, -0.1) is 0 Å². The van der Waals surface area contributed by atoms with Gasteiger partial charge in [0.1, 0.15) is 5.69 Å². The number of rotatable bonds is 3.